The van der Waals surface area contributed by atoms with E-state index in [1.165, 1.54) is 0 Å². The number of fused-ring (bicyclic) bond motifs is 3. The normalized spacial score (nSPS) is 11.3. The fourth-order valence-corrected chi connectivity index (χ4v) is 4.03. The van der Waals surface area contributed by atoms with Gasteiger partial charge in [-0.2, -0.15) is 5.10 Å². The monoisotopic (exact) mass is 434 g/mol. The summed E-state index contributed by atoms with van der Waals surface area (Å²) in [6.07, 6.45) is 1.60. The molecule has 3 heterocycles. The number of nitrogens with zero attached hydrogens (tertiary/aromatic N) is 6. The third-order valence-electron chi connectivity index (χ3n) is 5.60. The van der Waals surface area contributed by atoms with Crippen molar-refractivity contribution in [3.05, 3.63) is 101 Å². The van der Waals surface area contributed by atoms with E-state index in [1.807, 2.05) is 89.3 Å². The van der Waals surface area contributed by atoms with Crippen LogP contribution in [0.15, 0.2) is 95.9 Å². The van der Waals surface area contributed by atoms with Crippen LogP contribution in [-0.2, 0) is 0 Å². The van der Waals surface area contributed by atoms with Crippen molar-refractivity contribution in [2.45, 2.75) is 0 Å². The van der Waals surface area contributed by atoms with Gasteiger partial charge >= 0.3 is 0 Å². The van der Waals surface area contributed by atoms with E-state index in [0.717, 1.165) is 17.0 Å². The molecule has 6 aromatic rings. The molecule has 8 nitrogen and oxygen atoms in total. The van der Waals surface area contributed by atoms with Crippen molar-refractivity contribution in [3.63, 3.8) is 0 Å². The highest BCUT2D eigenvalue weighted by molar-refractivity contribution is 5.81. The molecule has 0 aliphatic rings. The largest absolute Gasteiger partial charge is 0.497 e. The molecule has 3 aromatic carbocycles. The van der Waals surface area contributed by atoms with Gasteiger partial charge in [0.25, 0.3) is 5.56 Å². The molecule has 0 unspecified atom stereocenters. The molecule has 0 spiro atoms. The van der Waals surface area contributed by atoms with Crippen LogP contribution in [-0.4, -0.2) is 36.1 Å². The summed E-state index contributed by atoms with van der Waals surface area (Å²) in [5.74, 6) is 1.75. The van der Waals surface area contributed by atoms with E-state index in [4.69, 9.17) is 4.74 Å². The molecule has 0 saturated carbocycles. The number of benzene rings is 3. The SMILES string of the molecule is COc1ccc(-c2nnc3n(-c4ccccc4)c(=O)c4cnn(-c5ccccc5)c4n23)cc1. The number of hydrogen-bond donors (Lipinski definition) is 0. The molecule has 0 saturated heterocycles. The van der Waals surface area contributed by atoms with Gasteiger partial charge in [0.15, 0.2) is 11.5 Å². The van der Waals surface area contributed by atoms with E-state index in [-0.39, 0.29) is 5.56 Å². The third kappa shape index (κ3) is 2.92. The van der Waals surface area contributed by atoms with Crippen molar-refractivity contribution in [1.82, 2.24) is 28.9 Å². The molecule has 33 heavy (non-hydrogen) atoms. The number of methoxy groups -OCH3 is 1. The Kier molecular flexibility index (Phi) is 4.29. The van der Waals surface area contributed by atoms with Gasteiger partial charge < -0.3 is 4.74 Å². The summed E-state index contributed by atoms with van der Waals surface area (Å²) in [7, 11) is 1.63. The molecule has 0 amide bonds. The molecule has 0 bridgehead atoms. The Morgan fingerprint density at radius 3 is 2.12 bits per heavy atom. The maximum absolute atomic E-state index is 13.6. The predicted molar refractivity (Wildman–Crippen MR) is 125 cm³/mol. The van der Waals surface area contributed by atoms with Gasteiger partial charge in [0.2, 0.25) is 5.78 Å². The smallest absolute Gasteiger partial charge is 0.270 e. The number of rotatable bonds is 4. The topological polar surface area (TPSA) is 79.2 Å². The van der Waals surface area contributed by atoms with Crippen molar-refractivity contribution >= 4 is 16.8 Å². The summed E-state index contributed by atoms with van der Waals surface area (Å²) >= 11 is 0. The summed E-state index contributed by atoms with van der Waals surface area (Å²) in [5.41, 5.74) is 2.77. The minimum atomic E-state index is -0.209. The number of hydrogen-bond acceptors (Lipinski definition) is 5. The molecule has 0 aliphatic heterocycles. The first kappa shape index (κ1) is 19.0. The minimum Gasteiger partial charge on any atom is -0.497 e. The Labute approximate surface area is 187 Å². The first-order valence-corrected chi connectivity index (χ1v) is 10.4. The molecular weight excluding hydrogens is 416 g/mol. The second-order valence-corrected chi connectivity index (χ2v) is 7.49. The van der Waals surface area contributed by atoms with E-state index >= 15 is 0 Å². The van der Waals surface area contributed by atoms with Crippen molar-refractivity contribution in [3.8, 4) is 28.5 Å². The third-order valence-corrected chi connectivity index (χ3v) is 5.60. The lowest BCUT2D eigenvalue weighted by molar-refractivity contribution is 0.415. The molecule has 0 fully saturated rings. The fourth-order valence-electron chi connectivity index (χ4n) is 4.03. The van der Waals surface area contributed by atoms with Crippen LogP contribution in [0.4, 0.5) is 0 Å². The average molecular weight is 434 g/mol. The highest BCUT2D eigenvalue weighted by atomic mass is 16.5. The highest BCUT2D eigenvalue weighted by Gasteiger charge is 2.22. The van der Waals surface area contributed by atoms with E-state index in [0.29, 0.717) is 28.3 Å². The Bertz CT molecular complexity index is 1650. The standard InChI is InChI=1S/C25H18N6O2/c1-33-20-14-12-17(13-15-20)22-27-28-25-29(18-8-4-2-5-9-18)24(32)21-16-26-31(23(21)30(22)25)19-10-6-3-7-11-19/h2-16H,1H3. The summed E-state index contributed by atoms with van der Waals surface area (Å²) in [4.78, 5) is 13.6. The molecule has 3 aromatic heterocycles. The zero-order chi connectivity index (χ0) is 22.4. The second kappa shape index (κ2) is 7.45. The van der Waals surface area contributed by atoms with Gasteiger partial charge in [-0.25, -0.2) is 13.6 Å². The van der Waals surface area contributed by atoms with Gasteiger partial charge in [-0.05, 0) is 48.5 Å². The van der Waals surface area contributed by atoms with Gasteiger partial charge in [-0.1, -0.05) is 36.4 Å². The van der Waals surface area contributed by atoms with Crippen molar-refractivity contribution in [2.24, 2.45) is 0 Å². The van der Waals surface area contributed by atoms with Crippen LogP contribution >= 0.6 is 0 Å². The van der Waals surface area contributed by atoms with Crippen LogP contribution < -0.4 is 10.3 Å². The maximum atomic E-state index is 13.6. The molecule has 6 rings (SSSR count). The highest BCUT2D eigenvalue weighted by Crippen LogP contribution is 2.26. The lowest BCUT2D eigenvalue weighted by atomic mass is 10.2. The zero-order valence-corrected chi connectivity index (χ0v) is 17.7. The average Bonchev–Trinajstić information content (AvgIpc) is 3.50. The van der Waals surface area contributed by atoms with Crippen LogP contribution in [0.5, 0.6) is 5.75 Å². The fraction of sp³-hybridized carbons (Fsp3) is 0.0400. The zero-order valence-electron chi connectivity index (χ0n) is 17.7. The molecule has 0 radical (unpaired) electrons. The number of ether oxygens (including phenoxy) is 1. The number of para-hydroxylation sites is 2. The van der Waals surface area contributed by atoms with Gasteiger partial charge in [0.05, 0.1) is 24.7 Å². The molecule has 0 N–H and O–H groups in total. The van der Waals surface area contributed by atoms with Crippen LogP contribution in [0.2, 0.25) is 0 Å². The first-order valence-electron chi connectivity index (χ1n) is 10.4. The van der Waals surface area contributed by atoms with Gasteiger partial charge in [-0.15, -0.1) is 10.2 Å². The van der Waals surface area contributed by atoms with Crippen LogP contribution in [0, 0.1) is 0 Å². The van der Waals surface area contributed by atoms with Crippen molar-refractivity contribution < 1.29 is 4.74 Å². The summed E-state index contributed by atoms with van der Waals surface area (Å²) in [6.45, 7) is 0. The van der Waals surface area contributed by atoms with E-state index in [9.17, 15) is 4.79 Å². The molecule has 0 aliphatic carbocycles. The van der Waals surface area contributed by atoms with Gasteiger partial charge in [0, 0.05) is 5.56 Å². The minimum absolute atomic E-state index is 0.209. The lowest BCUT2D eigenvalue weighted by Crippen LogP contribution is -2.22. The van der Waals surface area contributed by atoms with E-state index < -0.39 is 0 Å². The van der Waals surface area contributed by atoms with E-state index in [2.05, 4.69) is 15.3 Å². The van der Waals surface area contributed by atoms with Gasteiger partial charge in [0.1, 0.15) is 11.1 Å². The second-order valence-electron chi connectivity index (χ2n) is 7.49. The van der Waals surface area contributed by atoms with Gasteiger partial charge in [-0.3, -0.25) is 4.79 Å². The summed E-state index contributed by atoms with van der Waals surface area (Å²) < 4.78 is 10.5. The van der Waals surface area contributed by atoms with E-state index in [1.54, 1.807) is 22.6 Å². The predicted octanol–water partition coefficient (Wildman–Crippen LogP) is 3.89. The number of aromatic nitrogens is 6. The Morgan fingerprint density at radius 2 is 1.45 bits per heavy atom. The summed E-state index contributed by atoms with van der Waals surface area (Å²) in [6, 6.07) is 26.7. The Balaban J connectivity index is 1.76. The molecule has 160 valence electrons. The maximum Gasteiger partial charge on any atom is 0.270 e. The van der Waals surface area contributed by atoms with Crippen LogP contribution in [0.3, 0.4) is 0 Å². The Hall–Kier alpha value is -4.72. The summed E-state index contributed by atoms with van der Waals surface area (Å²) in [5, 5.41) is 13.9. The first-order chi connectivity index (χ1) is 16.3. The van der Waals surface area contributed by atoms with Crippen molar-refractivity contribution in [2.75, 3.05) is 7.11 Å². The van der Waals surface area contributed by atoms with Crippen LogP contribution in [0.25, 0.3) is 39.6 Å². The molecular formula is C25H18N6O2. The van der Waals surface area contributed by atoms with Crippen molar-refractivity contribution in [1.29, 1.82) is 0 Å². The lowest BCUT2D eigenvalue weighted by Gasteiger charge is -2.11. The Morgan fingerprint density at radius 1 is 0.788 bits per heavy atom. The molecule has 0 atom stereocenters. The van der Waals surface area contributed by atoms with Crippen LogP contribution in [0.1, 0.15) is 0 Å². The molecule has 8 heteroatoms. The quantitative estimate of drug-likeness (QED) is 0.421.